The smallest absolute Gasteiger partial charge is 0.315 e. The molecule has 1 aromatic heterocycles. The minimum atomic E-state index is -0.893. The molecule has 2 aromatic rings. The highest BCUT2D eigenvalue weighted by molar-refractivity contribution is 6.31. The van der Waals surface area contributed by atoms with Crippen molar-refractivity contribution in [2.75, 3.05) is 13.2 Å². The molecule has 2 amide bonds. The molecule has 0 saturated heterocycles. The summed E-state index contributed by atoms with van der Waals surface area (Å²) < 4.78 is 5.40. The van der Waals surface area contributed by atoms with Crippen LogP contribution in [0.2, 0.25) is 5.02 Å². The van der Waals surface area contributed by atoms with Crippen molar-refractivity contribution < 1.29 is 19.4 Å². The van der Waals surface area contributed by atoms with E-state index in [4.69, 9.17) is 21.4 Å². The van der Waals surface area contributed by atoms with E-state index in [1.807, 2.05) is 30.3 Å². The molecule has 27 heavy (non-hydrogen) atoms. The molecule has 1 heterocycles. The minimum Gasteiger partial charge on any atom is -0.481 e. The largest absolute Gasteiger partial charge is 0.481 e. The van der Waals surface area contributed by atoms with Gasteiger partial charge in [0.05, 0.1) is 6.54 Å². The van der Waals surface area contributed by atoms with Gasteiger partial charge in [-0.1, -0.05) is 41.9 Å². The number of aromatic nitrogens is 1. The maximum Gasteiger partial charge on any atom is 0.315 e. The van der Waals surface area contributed by atoms with Crippen molar-refractivity contribution >= 4 is 23.6 Å². The fourth-order valence-corrected chi connectivity index (χ4v) is 2.62. The van der Waals surface area contributed by atoms with E-state index in [2.05, 4.69) is 15.6 Å². The standard InChI is InChI=1S/C19H22ClN3O4/c20-16-7-4-10-21-18(16)27-12-11-22-19(26)23-15(8-9-17(24)25)13-14-5-2-1-3-6-14/h1-7,10,15H,8-9,11-13H2,(H,24,25)(H2,22,23,26). The Morgan fingerprint density at radius 1 is 1.19 bits per heavy atom. The lowest BCUT2D eigenvalue weighted by Crippen LogP contribution is -2.44. The normalized spacial score (nSPS) is 11.4. The van der Waals surface area contributed by atoms with Crippen molar-refractivity contribution in [3.8, 4) is 5.88 Å². The molecule has 7 nitrogen and oxygen atoms in total. The lowest BCUT2D eigenvalue weighted by molar-refractivity contribution is -0.137. The van der Waals surface area contributed by atoms with Crippen molar-refractivity contribution in [2.45, 2.75) is 25.3 Å². The molecular weight excluding hydrogens is 370 g/mol. The first-order chi connectivity index (χ1) is 13.0. The zero-order valence-corrected chi connectivity index (χ0v) is 15.5. The highest BCUT2D eigenvalue weighted by Gasteiger charge is 2.14. The number of carboxylic acids is 1. The van der Waals surface area contributed by atoms with E-state index in [0.29, 0.717) is 23.7 Å². The topological polar surface area (TPSA) is 101 Å². The summed E-state index contributed by atoms with van der Waals surface area (Å²) in [5.41, 5.74) is 1.03. The van der Waals surface area contributed by atoms with E-state index in [9.17, 15) is 9.59 Å². The summed E-state index contributed by atoms with van der Waals surface area (Å²) in [4.78, 5) is 26.9. The average Bonchev–Trinajstić information content (AvgIpc) is 2.65. The lowest BCUT2D eigenvalue weighted by Gasteiger charge is -2.19. The highest BCUT2D eigenvalue weighted by Crippen LogP contribution is 2.19. The number of nitrogens with one attached hydrogen (secondary N) is 2. The third-order valence-electron chi connectivity index (χ3n) is 3.72. The molecule has 0 aliphatic rings. The lowest BCUT2D eigenvalue weighted by atomic mass is 10.0. The summed E-state index contributed by atoms with van der Waals surface area (Å²) in [6.07, 6.45) is 2.45. The average molecular weight is 392 g/mol. The van der Waals surface area contributed by atoms with Crippen LogP contribution in [-0.2, 0) is 11.2 Å². The molecule has 3 N–H and O–H groups in total. The number of benzene rings is 1. The van der Waals surface area contributed by atoms with Crippen LogP contribution in [0.25, 0.3) is 0 Å². The molecule has 0 radical (unpaired) electrons. The monoisotopic (exact) mass is 391 g/mol. The molecule has 0 bridgehead atoms. The SMILES string of the molecule is O=C(O)CCC(Cc1ccccc1)NC(=O)NCCOc1ncccc1Cl. The van der Waals surface area contributed by atoms with Crippen LogP contribution in [0.15, 0.2) is 48.7 Å². The van der Waals surface area contributed by atoms with E-state index in [1.54, 1.807) is 18.3 Å². The number of pyridine rings is 1. The van der Waals surface area contributed by atoms with E-state index in [-0.39, 0.29) is 31.6 Å². The first-order valence-electron chi connectivity index (χ1n) is 8.58. The Morgan fingerprint density at radius 2 is 1.96 bits per heavy atom. The molecule has 0 aliphatic carbocycles. The van der Waals surface area contributed by atoms with Crippen LogP contribution in [-0.4, -0.2) is 41.3 Å². The van der Waals surface area contributed by atoms with Crippen LogP contribution in [0.4, 0.5) is 4.79 Å². The van der Waals surface area contributed by atoms with Gasteiger partial charge in [-0.3, -0.25) is 4.79 Å². The van der Waals surface area contributed by atoms with Gasteiger partial charge >= 0.3 is 12.0 Å². The molecule has 0 aliphatic heterocycles. The second-order valence-electron chi connectivity index (χ2n) is 5.86. The maximum atomic E-state index is 12.1. The molecule has 1 atom stereocenters. The number of hydrogen-bond acceptors (Lipinski definition) is 4. The summed E-state index contributed by atoms with van der Waals surface area (Å²) in [6.45, 7) is 0.471. The molecule has 1 unspecified atom stereocenters. The van der Waals surface area contributed by atoms with Crippen LogP contribution in [0.1, 0.15) is 18.4 Å². The Hall–Kier alpha value is -2.80. The number of carboxylic acid groups (broad SMARTS) is 1. The summed E-state index contributed by atoms with van der Waals surface area (Å²) in [5, 5.41) is 14.8. The van der Waals surface area contributed by atoms with Gasteiger partial charge in [-0.2, -0.15) is 0 Å². The van der Waals surface area contributed by atoms with Crippen LogP contribution >= 0.6 is 11.6 Å². The maximum absolute atomic E-state index is 12.1. The summed E-state index contributed by atoms with van der Waals surface area (Å²) in [5.74, 6) is -0.583. The quantitative estimate of drug-likeness (QED) is 0.541. The van der Waals surface area contributed by atoms with Crippen molar-refractivity contribution in [3.63, 3.8) is 0 Å². The predicted molar refractivity (Wildman–Crippen MR) is 102 cm³/mol. The molecule has 1 aromatic carbocycles. The van der Waals surface area contributed by atoms with Gasteiger partial charge in [0.1, 0.15) is 11.6 Å². The summed E-state index contributed by atoms with van der Waals surface area (Å²) in [7, 11) is 0. The molecule has 0 saturated carbocycles. The fraction of sp³-hybridized carbons (Fsp3) is 0.316. The van der Waals surface area contributed by atoms with Gasteiger partial charge in [0.25, 0.3) is 0 Å². The van der Waals surface area contributed by atoms with Crippen molar-refractivity contribution in [1.82, 2.24) is 15.6 Å². The molecule has 144 valence electrons. The van der Waals surface area contributed by atoms with E-state index >= 15 is 0 Å². The third-order valence-corrected chi connectivity index (χ3v) is 4.01. The van der Waals surface area contributed by atoms with Gasteiger partial charge in [0.2, 0.25) is 5.88 Å². The molecule has 0 fully saturated rings. The van der Waals surface area contributed by atoms with Gasteiger partial charge < -0.3 is 20.5 Å². The van der Waals surface area contributed by atoms with Crippen molar-refractivity contribution in [1.29, 1.82) is 0 Å². The van der Waals surface area contributed by atoms with Gasteiger partial charge in [-0.25, -0.2) is 9.78 Å². The van der Waals surface area contributed by atoms with Gasteiger partial charge in [-0.05, 0) is 30.5 Å². The van der Waals surface area contributed by atoms with Crippen molar-refractivity contribution in [3.05, 3.63) is 59.2 Å². The Labute approximate surface area is 162 Å². The fourth-order valence-electron chi connectivity index (χ4n) is 2.45. The summed E-state index contributed by atoms with van der Waals surface area (Å²) >= 11 is 5.94. The number of nitrogens with zero attached hydrogens (tertiary/aromatic N) is 1. The second kappa shape index (κ2) is 11.0. The van der Waals surface area contributed by atoms with Crippen LogP contribution in [0.5, 0.6) is 5.88 Å². The number of carbonyl (C=O) groups is 2. The van der Waals surface area contributed by atoms with Crippen molar-refractivity contribution in [2.24, 2.45) is 0 Å². The Morgan fingerprint density at radius 3 is 2.67 bits per heavy atom. The first kappa shape index (κ1) is 20.5. The second-order valence-corrected chi connectivity index (χ2v) is 6.27. The number of hydrogen-bond donors (Lipinski definition) is 3. The molecule has 8 heteroatoms. The van der Waals surface area contributed by atoms with Gasteiger partial charge in [-0.15, -0.1) is 0 Å². The zero-order valence-electron chi connectivity index (χ0n) is 14.7. The van der Waals surface area contributed by atoms with E-state index < -0.39 is 5.97 Å². The number of carbonyl (C=O) groups excluding carboxylic acids is 1. The van der Waals surface area contributed by atoms with E-state index in [0.717, 1.165) is 5.56 Å². The third kappa shape index (κ3) is 7.96. The minimum absolute atomic E-state index is 0.0148. The van der Waals surface area contributed by atoms with Gasteiger partial charge in [0, 0.05) is 18.7 Å². The molecule has 0 spiro atoms. The van der Waals surface area contributed by atoms with Crippen LogP contribution < -0.4 is 15.4 Å². The molecular formula is C19H22ClN3O4. The number of halogens is 1. The van der Waals surface area contributed by atoms with Gasteiger partial charge in [0.15, 0.2) is 0 Å². The number of amides is 2. The van der Waals surface area contributed by atoms with Crippen LogP contribution in [0.3, 0.4) is 0 Å². The number of rotatable bonds is 10. The Bertz CT molecular complexity index is 743. The van der Waals surface area contributed by atoms with Crippen LogP contribution in [0, 0.1) is 0 Å². The zero-order chi connectivity index (χ0) is 19.5. The molecule has 2 rings (SSSR count). The Kier molecular flexibility index (Phi) is 8.38. The highest BCUT2D eigenvalue weighted by atomic mass is 35.5. The number of ether oxygens (including phenoxy) is 1. The first-order valence-corrected chi connectivity index (χ1v) is 8.96. The Balaban J connectivity index is 1.78. The number of urea groups is 1. The van der Waals surface area contributed by atoms with E-state index in [1.165, 1.54) is 0 Å². The summed E-state index contributed by atoms with van der Waals surface area (Å²) in [6, 6.07) is 12.3. The predicted octanol–water partition coefficient (Wildman–Crippen LogP) is 2.89. The number of aliphatic carboxylic acids is 1.